The Morgan fingerprint density at radius 3 is 2.86 bits per heavy atom. The number of hydrogen-bond donors (Lipinski definition) is 2. The fourth-order valence-corrected chi connectivity index (χ4v) is 1.15. The van der Waals surface area contributed by atoms with Crippen molar-refractivity contribution in [2.75, 3.05) is 19.7 Å². The molecule has 82 valence electrons. The van der Waals surface area contributed by atoms with Gasteiger partial charge in [-0.25, -0.2) is 0 Å². The van der Waals surface area contributed by atoms with Crippen molar-refractivity contribution < 1.29 is 5.11 Å². The predicted octanol–water partition coefficient (Wildman–Crippen LogP) is 2.12. The summed E-state index contributed by atoms with van der Waals surface area (Å²) in [5, 5.41) is 11.7. The fourth-order valence-electron chi connectivity index (χ4n) is 1.15. The molecule has 1 unspecified atom stereocenters. The smallest absolute Gasteiger partial charge is 0.0556 e. The second kappa shape index (κ2) is 8.97. The SMILES string of the molecule is C=CC(C)CC/C=C(\C)CNCCO. The highest BCUT2D eigenvalue weighted by atomic mass is 16.3. The summed E-state index contributed by atoms with van der Waals surface area (Å²) in [7, 11) is 0. The van der Waals surface area contributed by atoms with E-state index in [1.165, 1.54) is 12.0 Å². The van der Waals surface area contributed by atoms with Crippen LogP contribution in [0.5, 0.6) is 0 Å². The van der Waals surface area contributed by atoms with E-state index in [-0.39, 0.29) is 6.61 Å². The molecule has 0 saturated heterocycles. The van der Waals surface area contributed by atoms with Gasteiger partial charge in [0.15, 0.2) is 0 Å². The van der Waals surface area contributed by atoms with Crippen LogP contribution in [-0.4, -0.2) is 24.8 Å². The van der Waals surface area contributed by atoms with Crippen LogP contribution in [0, 0.1) is 5.92 Å². The first-order valence-corrected chi connectivity index (χ1v) is 5.30. The molecule has 0 spiro atoms. The van der Waals surface area contributed by atoms with Gasteiger partial charge < -0.3 is 10.4 Å². The maximum Gasteiger partial charge on any atom is 0.0556 e. The minimum absolute atomic E-state index is 0.209. The van der Waals surface area contributed by atoms with Crippen molar-refractivity contribution in [2.45, 2.75) is 26.7 Å². The van der Waals surface area contributed by atoms with Crippen molar-refractivity contribution >= 4 is 0 Å². The normalized spacial score (nSPS) is 14.1. The molecule has 0 aliphatic carbocycles. The summed E-state index contributed by atoms with van der Waals surface area (Å²) in [6.07, 6.45) is 6.53. The number of aliphatic hydroxyl groups excluding tert-OH is 1. The average Bonchev–Trinajstić information content (AvgIpc) is 2.18. The van der Waals surface area contributed by atoms with Crippen LogP contribution in [0.1, 0.15) is 26.7 Å². The third-order valence-electron chi connectivity index (χ3n) is 2.21. The first kappa shape index (κ1) is 13.4. The topological polar surface area (TPSA) is 32.3 Å². The Morgan fingerprint density at radius 1 is 1.57 bits per heavy atom. The van der Waals surface area contributed by atoms with Crippen LogP contribution in [0.3, 0.4) is 0 Å². The van der Waals surface area contributed by atoms with Crippen LogP contribution in [0.25, 0.3) is 0 Å². The van der Waals surface area contributed by atoms with E-state index in [4.69, 9.17) is 5.11 Å². The number of aliphatic hydroxyl groups is 1. The lowest BCUT2D eigenvalue weighted by Gasteiger charge is -2.05. The van der Waals surface area contributed by atoms with Crippen molar-refractivity contribution in [3.8, 4) is 0 Å². The van der Waals surface area contributed by atoms with E-state index in [0.29, 0.717) is 12.5 Å². The van der Waals surface area contributed by atoms with E-state index in [1.807, 2.05) is 6.08 Å². The second-order valence-corrected chi connectivity index (χ2v) is 3.74. The molecule has 14 heavy (non-hydrogen) atoms. The number of rotatable bonds is 8. The number of hydrogen-bond acceptors (Lipinski definition) is 2. The van der Waals surface area contributed by atoms with Crippen LogP contribution in [0.4, 0.5) is 0 Å². The third-order valence-corrected chi connectivity index (χ3v) is 2.21. The fraction of sp³-hybridized carbons (Fsp3) is 0.667. The van der Waals surface area contributed by atoms with Gasteiger partial charge in [-0.15, -0.1) is 6.58 Å². The van der Waals surface area contributed by atoms with Gasteiger partial charge in [0.1, 0.15) is 0 Å². The van der Waals surface area contributed by atoms with E-state index in [9.17, 15) is 0 Å². The predicted molar refractivity (Wildman–Crippen MR) is 62.3 cm³/mol. The van der Waals surface area contributed by atoms with Crippen molar-refractivity contribution in [1.29, 1.82) is 0 Å². The Hall–Kier alpha value is -0.600. The molecule has 2 heteroatoms. The molecule has 0 bridgehead atoms. The molecule has 0 radical (unpaired) electrons. The van der Waals surface area contributed by atoms with Gasteiger partial charge in [-0.1, -0.05) is 24.6 Å². The standard InChI is InChI=1S/C12H23NO/c1-4-11(2)6-5-7-12(3)10-13-8-9-14/h4,7,11,13-14H,1,5-6,8-10H2,2-3H3/b12-7+. The Labute approximate surface area is 87.7 Å². The molecule has 0 fully saturated rings. The molecule has 0 aromatic heterocycles. The van der Waals surface area contributed by atoms with Crippen LogP contribution in [0.15, 0.2) is 24.3 Å². The highest BCUT2D eigenvalue weighted by Crippen LogP contribution is 2.07. The molecule has 0 aliphatic heterocycles. The molecule has 0 heterocycles. The highest BCUT2D eigenvalue weighted by molar-refractivity contribution is 5.00. The summed E-state index contributed by atoms with van der Waals surface area (Å²) in [6.45, 7) is 9.81. The summed E-state index contributed by atoms with van der Waals surface area (Å²) >= 11 is 0. The minimum atomic E-state index is 0.209. The van der Waals surface area contributed by atoms with E-state index in [1.54, 1.807) is 0 Å². The largest absolute Gasteiger partial charge is 0.395 e. The van der Waals surface area contributed by atoms with Crippen molar-refractivity contribution in [3.05, 3.63) is 24.3 Å². The van der Waals surface area contributed by atoms with Gasteiger partial charge >= 0.3 is 0 Å². The maximum atomic E-state index is 8.57. The maximum absolute atomic E-state index is 8.57. The van der Waals surface area contributed by atoms with E-state index < -0.39 is 0 Å². The second-order valence-electron chi connectivity index (χ2n) is 3.74. The zero-order chi connectivity index (χ0) is 10.8. The Kier molecular flexibility index (Phi) is 8.59. The highest BCUT2D eigenvalue weighted by Gasteiger charge is 1.94. The zero-order valence-corrected chi connectivity index (χ0v) is 9.42. The Balaban J connectivity index is 3.50. The first-order valence-electron chi connectivity index (χ1n) is 5.30. The molecule has 0 amide bonds. The molecule has 2 nitrogen and oxygen atoms in total. The van der Waals surface area contributed by atoms with Crippen molar-refractivity contribution in [3.63, 3.8) is 0 Å². The zero-order valence-electron chi connectivity index (χ0n) is 9.42. The average molecular weight is 197 g/mol. The van der Waals surface area contributed by atoms with Gasteiger partial charge in [0.25, 0.3) is 0 Å². The monoisotopic (exact) mass is 197 g/mol. The number of allylic oxidation sites excluding steroid dienone is 2. The third kappa shape index (κ3) is 8.02. The van der Waals surface area contributed by atoms with Crippen molar-refractivity contribution in [2.24, 2.45) is 5.92 Å². The van der Waals surface area contributed by atoms with E-state index in [0.717, 1.165) is 13.0 Å². The Morgan fingerprint density at radius 2 is 2.29 bits per heavy atom. The van der Waals surface area contributed by atoms with E-state index in [2.05, 4.69) is 31.8 Å². The molecular weight excluding hydrogens is 174 g/mol. The summed E-state index contributed by atoms with van der Waals surface area (Å²) in [6, 6.07) is 0. The van der Waals surface area contributed by atoms with Crippen LogP contribution in [0.2, 0.25) is 0 Å². The molecule has 1 atom stereocenters. The van der Waals surface area contributed by atoms with Gasteiger partial charge in [-0.3, -0.25) is 0 Å². The molecule has 0 aromatic rings. The molecule has 0 aliphatic rings. The van der Waals surface area contributed by atoms with Crippen LogP contribution < -0.4 is 5.32 Å². The first-order chi connectivity index (χ1) is 6.70. The molecule has 0 saturated carbocycles. The molecule has 2 N–H and O–H groups in total. The van der Waals surface area contributed by atoms with Crippen LogP contribution in [-0.2, 0) is 0 Å². The number of nitrogens with one attached hydrogen (secondary N) is 1. The lowest BCUT2D eigenvalue weighted by molar-refractivity contribution is 0.294. The van der Waals surface area contributed by atoms with Gasteiger partial charge in [-0.05, 0) is 25.7 Å². The van der Waals surface area contributed by atoms with E-state index >= 15 is 0 Å². The lowest BCUT2D eigenvalue weighted by atomic mass is 10.0. The van der Waals surface area contributed by atoms with Gasteiger partial charge in [-0.2, -0.15) is 0 Å². The molecule has 0 aromatic carbocycles. The summed E-state index contributed by atoms with van der Waals surface area (Å²) in [5.41, 5.74) is 1.34. The summed E-state index contributed by atoms with van der Waals surface area (Å²) < 4.78 is 0. The summed E-state index contributed by atoms with van der Waals surface area (Å²) in [4.78, 5) is 0. The molecule has 0 rings (SSSR count). The van der Waals surface area contributed by atoms with Gasteiger partial charge in [0, 0.05) is 13.1 Å². The summed E-state index contributed by atoms with van der Waals surface area (Å²) in [5.74, 6) is 0.601. The lowest BCUT2D eigenvalue weighted by Crippen LogP contribution is -2.19. The molecular formula is C12H23NO. The quantitative estimate of drug-likeness (QED) is 0.461. The van der Waals surface area contributed by atoms with Crippen LogP contribution >= 0.6 is 0 Å². The van der Waals surface area contributed by atoms with Gasteiger partial charge in [0.2, 0.25) is 0 Å². The Bertz CT molecular complexity index is 175. The van der Waals surface area contributed by atoms with Crippen molar-refractivity contribution in [1.82, 2.24) is 5.32 Å². The van der Waals surface area contributed by atoms with Gasteiger partial charge in [0.05, 0.1) is 6.61 Å². The minimum Gasteiger partial charge on any atom is -0.395 e.